The molecule has 0 bridgehead atoms. The summed E-state index contributed by atoms with van der Waals surface area (Å²) in [7, 11) is 1.82. The maximum absolute atomic E-state index is 5.55. The van der Waals surface area contributed by atoms with Crippen molar-refractivity contribution in [3.05, 3.63) is 52.1 Å². The van der Waals surface area contributed by atoms with Crippen LogP contribution in [0.1, 0.15) is 28.0 Å². The Morgan fingerprint density at radius 3 is 2.78 bits per heavy atom. The normalized spacial score (nSPS) is 16.0. The van der Waals surface area contributed by atoms with E-state index in [-0.39, 0.29) is 24.0 Å². The number of aliphatic imine (C=N–C) groups is 1. The van der Waals surface area contributed by atoms with Crippen LogP contribution in [-0.4, -0.2) is 71.9 Å². The summed E-state index contributed by atoms with van der Waals surface area (Å²) in [6.07, 6.45) is 3.82. The van der Waals surface area contributed by atoms with Gasteiger partial charge in [-0.15, -0.1) is 45.5 Å². The molecule has 0 spiro atoms. The van der Waals surface area contributed by atoms with Gasteiger partial charge in [0.2, 0.25) is 0 Å². The van der Waals surface area contributed by atoms with Gasteiger partial charge in [0.05, 0.1) is 19.3 Å². The molecule has 174 valence electrons. The molecule has 8 nitrogen and oxygen atoms in total. The third-order valence-electron chi connectivity index (χ3n) is 5.52. The van der Waals surface area contributed by atoms with Crippen LogP contribution in [0.25, 0.3) is 5.65 Å². The van der Waals surface area contributed by atoms with Crippen LogP contribution in [0.15, 0.2) is 41.5 Å². The minimum atomic E-state index is 0. The van der Waals surface area contributed by atoms with Crippen LogP contribution < -0.4 is 10.6 Å². The Balaban J connectivity index is 0.00000289. The minimum absolute atomic E-state index is 0. The van der Waals surface area contributed by atoms with E-state index in [2.05, 4.69) is 49.8 Å². The molecule has 4 heterocycles. The molecule has 3 aromatic rings. The van der Waals surface area contributed by atoms with Crippen molar-refractivity contribution in [3.8, 4) is 0 Å². The van der Waals surface area contributed by atoms with Gasteiger partial charge in [0.15, 0.2) is 11.6 Å². The van der Waals surface area contributed by atoms with Crippen LogP contribution >= 0.6 is 35.3 Å². The zero-order valence-corrected chi connectivity index (χ0v) is 21.8. The summed E-state index contributed by atoms with van der Waals surface area (Å²) in [5.74, 6) is 1.82. The number of ether oxygens (including phenoxy) is 1. The number of guanidine groups is 1. The summed E-state index contributed by atoms with van der Waals surface area (Å²) in [5, 5.41) is 15.5. The van der Waals surface area contributed by atoms with Crippen LogP contribution in [0.4, 0.5) is 0 Å². The summed E-state index contributed by atoms with van der Waals surface area (Å²) in [6.45, 7) is 7.31. The predicted octanol–water partition coefficient (Wildman–Crippen LogP) is 2.89. The molecule has 0 saturated carbocycles. The number of rotatable bonds is 8. The molecule has 32 heavy (non-hydrogen) atoms. The molecule has 3 aromatic heterocycles. The number of morpholine rings is 1. The van der Waals surface area contributed by atoms with Gasteiger partial charge in [-0.3, -0.25) is 14.3 Å². The lowest BCUT2D eigenvalue weighted by atomic mass is 10.2. The zero-order chi connectivity index (χ0) is 21.5. The Morgan fingerprint density at radius 1 is 1.19 bits per heavy atom. The first-order valence-corrected chi connectivity index (χ1v) is 11.7. The number of aryl methyl sites for hydroxylation is 2. The van der Waals surface area contributed by atoms with E-state index in [1.807, 2.05) is 47.2 Å². The second-order valence-corrected chi connectivity index (χ2v) is 8.96. The third-order valence-corrected chi connectivity index (χ3v) is 6.62. The van der Waals surface area contributed by atoms with E-state index in [0.29, 0.717) is 6.04 Å². The predicted molar refractivity (Wildman–Crippen MR) is 140 cm³/mol. The first-order chi connectivity index (χ1) is 15.2. The number of hydrogen-bond donors (Lipinski definition) is 2. The number of halogens is 1. The fourth-order valence-electron chi connectivity index (χ4n) is 3.86. The average molecular weight is 570 g/mol. The molecule has 10 heteroatoms. The SMILES string of the molecule is CN=C(NCCCc1nnc2ccccn12)NCC(c1ccc(C)s1)N1CCOCC1.I. The lowest BCUT2D eigenvalue weighted by Gasteiger charge is -2.34. The highest BCUT2D eigenvalue weighted by Gasteiger charge is 2.24. The topological polar surface area (TPSA) is 79.1 Å². The second kappa shape index (κ2) is 12.5. The van der Waals surface area contributed by atoms with Crippen molar-refractivity contribution >= 4 is 46.9 Å². The van der Waals surface area contributed by atoms with Crippen LogP contribution in [0, 0.1) is 6.92 Å². The van der Waals surface area contributed by atoms with Crippen molar-refractivity contribution in [2.45, 2.75) is 25.8 Å². The van der Waals surface area contributed by atoms with Crippen LogP contribution in [0.5, 0.6) is 0 Å². The zero-order valence-electron chi connectivity index (χ0n) is 18.7. The Bertz CT molecular complexity index is 999. The molecule has 2 N–H and O–H groups in total. The lowest BCUT2D eigenvalue weighted by molar-refractivity contribution is 0.0177. The van der Waals surface area contributed by atoms with Gasteiger partial charge in [-0.05, 0) is 37.6 Å². The largest absolute Gasteiger partial charge is 0.379 e. The van der Waals surface area contributed by atoms with Gasteiger partial charge in [0.25, 0.3) is 0 Å². The number of fused-ring (bicyclic) bond motifs is 1. The van der Waals surface area contributed by atoms with Gasteiger partial charge in [-0.1, -0.05) is 6.07 Å². The molecular weight excluding hydrogens is 537 g/mol. The summed E-state index contributed by atoms with van der Waals surface area (Å²) in [6, 6.07) is 10.7. The van der Waals surface area contributed by atoms with Gasteiger partial charge in [0, 0.05) is 55.6 Å². The molecular formula is C22H32IN7OS. The number of nitrogens with one attached hydrogen (secondary N) is 2. The number of thiophene rings is 1. The molecule has 4 rings (SSSR count). The van der Waals surface area contributed by atoms with E-state index in [9.17, 15) is 0 Å². The van der Waals surface area contributed by atoms with Crippen LogP contribution in [-0.2, 0) is 11.2 Å². The highest BCUT2D eigenvalue weighted by Crippen LogP contribution is 2.27. The maximum atomic E-state index is 5.55. The molecule has 0 amide bonds. The smallest absolute Gasteiger partial charge is 0.191 e. The maximum Gasteiger partial charge on any atom is 0.191 e. The second-order valence-electron chi connectivity index (χ2n) is 7.64. The van der Waals surface area contributed by atoms with E-state index in [1.54, 1.807) is 0 Å². The Kier molecular flexibility index (Phi) is 9.69. The highest BCUT2D eigenvalue weighted by atomic mass is 127. The summed E-state index contributed by atoms with van der Waals surface area (Å²) in [4.78, 5) is 9.65. The fourth-order valence-corrected chi connectivity index (χ4v) is 4.87. The Morgan fingerprint density at radius 2 is 2.03 bits per heavy atom. The van der Waals surface area contributed by atoms with Crippen molar-refractivity contribution in [2.75, 3.05) is 46.4 Å². The monoisotopic (exact) mass is 569 g/mol. The summed E-state index contributed by atoms with van der Waals surface area (Å²) in [5.41, 5.74) is 0.890. The highest BCUT2D eigenvalue weighted by molar-refractivity contribution is 14.0. The van der Waals surface area contributed by atoms with Crippen molar-refractivity contribution in [1.82, 2.24) is 30.1 Å². The van der Waals surface area contributed by atoms with Crippen molar-refractivity contribution in [3.63, 3.8) is 0 Å². The molecule has 0 radical (unpaired) electrons. The van der Waals surface area contributed by atoms with Crippen molar-refractivity contribution < 1.29 is 4.74 Å². The third kappa shape index (κ3) is 6.40. The molecule has 0 aromatic carbocycles. The molecule has 1 unspecified atom stereocenters. The van der Waals surface area contributed by atoms with E-state index in [4.69, 9.17) is 4.74 Å². The first-order valence-electron chi connectivity index (χ1n) is 10.9. The van der Waals surface area contributed by atoms with Crippen LogP contribution in [0.2, 0.25) is 0 Å². The first kappa shape index (κ1) is 24.9. The van der Waals surface area contributed by atoms with Gasteiger partial charge < -0.3 is 15.4 Å². The van der Waals surface area contributed by atoms with Gasteiger partial charge in [-0.25, -0.2) is 0 Å². The van der Waals surface area contributed by atoms with Gasteiger partial charge >= 0.3 is 0 Å². The molecule has 1 atom stereocenters. The van der Waals surface area contributed by atoms with Crippen molar-refractivity contribution in [2.24, 2.45) is 4.99 Å². The number of pyridine rings is 1. The molecule has 1 fully saturated rings. The van der Waals surface area contributed by atoms with E-state index in [1.165, 1.54) is 9.75 Å². The molecule has 1 saturated heterocycles. The fraction of sp³-hybridized carbons (Fsp3) is 0.500. The Hall–Kier alpha value is -1.76. The van der Waals surface area contributed by atoms with E-state index in [0.717, 1.165) is 69.7 Å². The number of nitrogens with zero attached hydrogens (tertiary/aromatic N) is 5. The number of hydrogen-bond acceptors (Lipinski definition) is 6. The van der Waals surface area contributed by atoms with E-state index < -0.39 is 0 Å². The standard InChI is InChI=1S/C22H31N7OS.HI/c1-17-8-9-19(31-17)18(28-12-14-30-15-13-28)16-25-22(23-2)24-10-5-7-21-27-26-20-6-3-4-11-29(20)21;/h3-4,6,8-9,11,18H,5,7,10,12-16H2,1-2H3,(H2,23,24,25);1H. The van der Waals surface area contributed by atoms with Gasteiger partial charge in [0.1, 0.15) is 5.82 Å². The molecule has 0 aliphatic carbocycles. The van der Waals surface area contributed by atoms with Gasteiger partial charge in [-0.2, -0.15) is 0 Å². The molecule has 1 aliphatic rings. The summed E-state index contributed by atoms with van der Waals surface area (Å²) >= 11 is 1.87. The number of aromatic nitrogens is 3. The average Bonchev–Trinajstić information content (AvgIpc) is 3.42. The van der Waals surface area contributed by atoms with E-state index >= 15 is 0 Å². The lowest BCUT2D eigenvalue weighted by Crippen LogP contribution is -2.46. The quantitative estimate of drug-likeness (QED) is 0.188. The Labute approximate surface area is 210 Å². The molecule has 1 aliphatic heterocycles. The summed E-state index contributed by atoms with van der Waals surface area (Å²) < 4.78 is 7.60. The van der Waals surface area contributed by atoms with Crippen molar-refractivity contribution in [1.29, 1.82) is 0 Å². The minimum Gasteiger partial charge on any atom is -0.379 e. The van der Waals surface area contributed by atoms with Crippen LogP contribution in [0.3, 0.4) is 0 Å².